The Kier molecular flexibility index (Phi) is 7.11. The summed E-state index contributed by atoms with van der Waals surface area (Å²) in [6.07, 6.45) is 0.203. The first-order valence-electron chi connectivity index (χ1n) is 9.08. The van der Waals surface area contributed by atoms with Crippen LogP contribution in [0, 0.1) is 0 Å². The average molecular weight is 444 g/mol. The van der Waals surface area contributed by atoms with Crippen LogP contribution in [0.1, 0.15) is 15.9 Å². The van der Waals surface area contributed by atoms with E-state index >= 15 is 0 Å². The number of hydrogen-bond donors (Lipinski definition) is 1. The van der Waals surface area contributed by atoms with Gasteiger partial charge in [0.1, 0.15) is 11.8 Å². The van der Waals surface area contributed by atoms with Crippen LogP contribution in [0.2, 0.25) is 10.0 Å². The van der Waals surface area contributed by atoms with E-state index in [-0.39, 0.29) is 22.0 Å². The van der Waals surface area contributed by atoms with Gasteiger partial charge in [-0.1, -0.05) is 71.7 Å². The molecule has 30 heavy (non-hydrogen) atoms. The molecule has 3 aromatic rings. The van der Waals surface area contributed by atoms with Gasteiger partial charge < -0.3 is 15.2 Å². The minimum absolute atomic E-state index is 0.0671. The summed E-state index contributed by atoms with van der Waals surface area (Å²) in [4.78, 5) is 24.5. The Labute approximate surface area is 184 Å². The summed E-state index contributed by atoms with van der Waals surface area (Å²) in [5.74, 6) is -1.02. The quantitative estimate of drug-likeness (QED) is 0.431. The maximum atomic E-state index is 12.3. The third kappa shape index (κ3) is 5.00. The van der Waals surface area contributed by atoms with Crippen LogP contribution >= 0.6 is 23.2 Å². The van der Waals surface area contributed by atoms with Gasteiger partial charge >= 0.3 is 11.9 Å². The third-order valence-corrected chi connectivity index (χ3v) is 5.12. The largest absolute Gasteiger partial charge is 0.496 e. The number of carbonyl (C=O) groups is 2. The Bertz CT molecular complexity index is 1050. The molecule has 0 aliphatic heterocycles. The Morgan fingerprint density at radius 1 is 0.933 bits per heavy atom. The fraction of sp³-hybridized carbons (Fsp3) is 0.130. The SMILES string of the molecule is COc1ccccc1-c1ccc(C[C@H](N)C(=O)OC(=O)c2c(Cl)cccc2Cl)cc1. The van der Waals surface area contributed by atoms with E-state index in [2.05, 4.69) is 0 Å². The highest BCUT2D eigenvalue weighted by Gasteiger charge is 2.23. The van der Waals surface area contributed by atoms with Crippen LogP contribution < -0.4 is 10.5 Å². The zero-order chi connectivity index (χ0) is 21.7. The first-order chi connectivity index (χ1) is 14.4. The van der Waals surface area contributed by atoms with E-state index in [1.165, 1.54) is 12.1 Å². The highest BCUT2D eigenvalue weighted by molar-refractivity contribution is 6.39. The van der Waals surface area contributed by atoms with E-state index in [4.69, 9.17) is 38.4 Å². The molecule has 0 saturated carbocycles. The van der Waals surface area contributed by atoms with Crippen molar-refractivity contribution in [3.05, 3.63) is 87.9 Å². The van der Waals surface area contributed by atoms with Crippen molar-refractivity contribution < 1.29 is 19.1 Å². The highest BCUT2D eigenvalue weighted by Crippen LogP contribution is 2.30. The van der Waals surface area contributed by atoms with Crippen molar-refractivity contribution in [1.82, 2.24) is 0 Å². The molecular formula is C23H19Cl2NO4. The molecule has 0 saturated heterocycles. The number of esters is 2. The molecule has 0 heterocycles. The molecule has 0 fully saturated rings. The second kappa shape index (κ2) is 9.76. The standard InChI is InChI=1S/C23H19Cl2NO4/c1-29-20-8-3-2-5-16(20)15-11-9-14(10-12-15)13-19(26)22(27)30-23(28)21-17(24)6-4-7-18(21)25/h2-12,19H,13,26H2,1H3/t19-/m0/s1. The second-order valence-corrected chi connectivity index (χ2v) is 7.33. The lowest BCUT2D eigenvalue weighted by Gasteiger charge is -2.13. The van der Waals surface area contributed by atoms with Crippen molar-refractivity contribution in [3.63, 3.8) is 0 Å². The molecule has 2 N–H and O–H groups in total. The van der Waals surface area contributed by atoms with E-state index in [1.54, 1.807) is 13.2 Å². The lowest BCUT2D eigenvalue weighted by atomic mass is 10.0. The van der Waals surface area contributed by atoms with Crippen molar-refractivity contribution >= 4 is 35.1 Å². The number of para-hydroxylation sites is 1. The van der Waals surface area contributed by atoms with Crippen LogP contribution in [0.3, 0.4) is 0 Å². The number of halogens is 2. The molecule has 3 aromatic carbocycles. The molecule has 0 aliphatic rings. The number of methoxy groups -OCH3 is 1. The van der Waals surface area contributed by atoms with E-state index in [9.17, 15) is 9.59 Å². The molecule has 0 spiro atoms. The molecule has 0 radical (unpaired) electrons. The zero-order valence-corrected chi connectivity index (χ0v) is 17.6. The number of hydrogen-bond acceptors (Lipinski definition) is 5. The first kappa shape index (κ1) is 21.8. The lowest BCUT2D eigenvalue weighted by Crippen LogP contribution is -2.35. The molecular weight excluding hydrogens is 425 g/mol. The maximum Gasteiger partial charge on any atom is 0.348 e. The molecule has 0 aliphatic carbocycles. The molecule has 0 bridgehead atoms. The van der Waals surface area contributed by atoms with Gasteiger partial charge in [-0.05, 0) is 35.7 Å². The van der Waals surface area contributed by atoms with Gasteiger partial charge in [0, 0.05) is 5.56 Å². The fourth-order valence-corrected chi connectivity index (χ4v) is 3.50. The average Bonchev–Trinajstić information content (AvgIpc) is 2.74. The third-order valence-electron chi connectivity index (χ3n) is 4.49. The number of ether oxygens (including phenoxy) is 2. The van der Waals surface area contributed by atoms with E-state index in [0.29, 0.717) is 0 Å². The van der Waals surface area contributed by atoms with E-state index in [0.717, 1.165) is 22.4 Å². The normalized spacial score (nSPS) is 11.6. The van der Waals surface area contributed by atoms with Gasteiger partial charge in [0.15, 0.2) is 0 Å². The van der Waals surface area contributed by atoms with Gasteiger partial charge in [-0.3, -0.25) is 0 Å². The van der Waals surface area contributed by atoms with Gasteiger partial charge in [-0.2, -0.15) is 0 Å². The lowest BCUT2D eigenvalue weighted by molar-refractivity contribution is -0.139. The first-order valence-corrected chi connectivity index (χ1v) is 9.84. The molecule has 1 atom stereocenters. The second-order valence-electron chi connectivity index (χ2n) is 6.51. The molecule has 0 amide bonds. The predicted molar refractivity (Wildman–Crippen MR) is 117 cm³/mol. The summed E-state index contributed by atoms with van der Waals surface area (Å²) in [7, 11) is 1.62. The van der Waals surface area contributed by atoms with Crippen LogP contribution in [-0.4, -0.2) is 25.1 Å². The molecule has 5 nitrogen and oxygen atoms in total. The zero-order valence-electron chi connectivity index (χ0n) is 16.1. The fourth-order valence-electron chi connectivity index (χ4n) is 2.95. The van der Waals surface area contributed by atoms with Gasteiger partial charge in [0.05, 0.1) is 22.7 Å². The minimum atomic E-state index is -1.02. The van der Waals surface area contributed by atoms with E-state index in [1.807, 2.05) is 48.5 Å². The van der Waals surface area contributed by atoms with Crippen molar-refractivity contribution in [2.75, 3.05) is 7.11 Å². The van der Waals surface area contributed by atoms with Crippen LogP contribution in [0.15, 0.2) is 66.7 Å². The Morgan fingerprint density at radius 2 is 1.57 bits per heavy atom. The summed E-state index contributed by atoms with van der Waals surface area (Å²) in [6, 6.07) is 18.8. The summed E-state index contributed by atoms with van der Waals surface area (Å²) < 4.78 is 10.3. The van der Waals surface area contributed by atoms with Gasteiger partial charge in [0.25, 0.3) is 0 Å². The molecule has 0 aromatic heterocycles. The molecule has 3 rings (SSSR count). The number of carbonyl (C=O) groups excluding carboxylic acids is 2. The van der Waals surface area contributed by atoms with Crippen molar-refractivity contribution in [2.24, 2.45) is 5.73 Å². The summed E-state index contributed by atoms with van der Waals surface area (Å²) >= 11 is 11.9. The molecule has 154 valence electrons. The minimum Gasteiger partial charge on any atom is -0.496 e. The van der Waals surface area contributed by atoms with E-state index < -0.39 is 18.0 Å². The van der Waals surface area contributed by atoms with Crippen LogP contribution in [-0.2, 0) is 16.0 Å². The number of benzene rings is 3. The Balaban J connectivity index is 1.66. The van der Waals surface area contributed by atoms with Gasteiger partial charge in [0.2, 0.25) is 0 Å². The highest BCUT2D eigenvalue weighted by atomic mass is 35.5. The summed E-state index contributed by atoms with van der Waals surface area (Å²) in [6.45, 7) is 0. The predicted octanol–water partition coefficient (Wildman–Crippen LogP) is 4.92. The Hall–Kier alpha value is -2.86. The van der Waals surface area contributed by atoms with Crippen LogP contribution in [0.25, 0.3) is 11.1 Å². The van der Waals surface area contributed by atoms with Crippen molar-refractivity contribution in [3.8, 4) is 16.9 Å². The van der Waals surface area contributed by atoms with Gasteiger partial charge in [-0.25, -0.2) is 9.59 Å². The number of rotatable bonds is 6. The number of nitrogens with two attached hydrogens (primary N) is 1. The van der Waals surface area contributed by atoms with Crippen molar-refractivity contribution in [1.29, 1.82) is 0 Å². The monoisotopic (exact) mass is 443 g/mol. The van der Waals surface area contributed by atoms with Crippen molar-refractivity contribution in [2.45, 2.75) is 12.5 Å². The van der Waals surface area contributed by atoms with Crippen LogP contribution in [0.4, 0.5) is 0 Å². The Morgan fingerprint density at radius 3 is 2.20 bits per heavy atom. The molecule has 0 unspecified atom stereocenters. The van der Waals surface area contributed by atoms with Crippen LogP contribution in [0.5, 0.6) is 5.75 Å². The topological polar surface area (TPSA) is 78.6 Å². The molecule has 7 heteroatoms. The summed E-state index contributed by atoms with van der Waals surface area (Å²) in [5, 5.41) is 0.196. The smallest absolute Gasteiger partial charge is 0.348 e. The maximum absolute atomic E-state index is 12.3. The van der Waals surface area contributed by atoms with Gasteiger partial charge in [-0.15, -0.1) is 0 Å². The summed E-state index contributed by atoms with van der Waals surface area (Å²) in [5.41, 5.74) is 8.61.